The molecule has 0 unspecified atom stereocenters. The van der Waals surface area contributed by atoms with Crippen LogP contribution < -0.4 is 0 Å². The Bertz CT molecular complexity index is 723. The molecule has 4 N–H and O–H groups in total. The fraction of sp³-hybridized carbons (Fsp3) is 0.818. The number of aromatic hydroxyl groups is 1. The maximum Gasteiger partial charge on any atom is 0.466 e. The molecule has 0 aliphatic carbocycles. The lowest BCUT2D eigenvalue weighted by Crippen LogP contribution is -2.03. The van der Waals surface area contributed by atoms with Gasteiger partial charge in [0.05, 0.1) is 0 Å². The van der Waals surface area contributed by atoms with E-state index < -0.39 is 7.82 Å². The fourth-order valence-corrected chi connectivity index (χ4v) is 5.34. The quantitative estimate of drug-likeness (QED) is 0.0732. The number of rotatable bonds is 24. The largest absolute Gasteiger partial charge is 0.508 e. The van der Waals surface area contributed by atoms with Crippen molar-refractivity contribution < 1.29 is 24.4 Å². The molecule has 0 fully saturated rings. The van der Waals surface area contributed by atoms with Gasteiger partial charge in [-0.3, -0.25) is 0 Å². The van der Waals surface area contributed by atoms with Crippen LogP contribution in [0.5, 0.6) is 5.75 Å². The molecule has 0 heterocycles. The number of hydrogen-bond acceptors (Lipinski definition) is 2. The highest BCUT2D eigenvalue weighted by Gasteiger charge is 2.13. The van der Waals surface area contributed by atoms with Gasteiger partial charge >= 0.3 is 7.82 Å². The van der Waals surface area contributed by atoms with Crippen LogP contribution in [0.15, 0.2) is 12.1 Å². The van der Waals surface area contributed by atoms with Gasteiger partial charge in [-0.05, 0) is 61.3 Å². The van der Waals surface area contributed by atoms with Crippen LogP contribution in [0, 0.1) is 0 Å². The van der Waals surface area contributed by atoms with E-state index >= 15 is 0 Å². The molecule has 1 rings (SSSR count). The van der Waals surface area contributed by atoms with Gasteiger partial charge < -0.3 is 19.8 Å². The number of phosphoric acid groups is 1. The summed E-state index contributed by atoms with van der Waals surface area (Å²) >= 11 is 0. The Balaban J connectivity index is 0.00000263. The average Bonchev–Trinajstić information content (AvgIpc) is 2.88. The van der Waals surface area contributed by atoms with E-state index in [1.165, 1.54) is 164 Å². The zero-order chi connectivity index (χ0) is 29.2. The maximum absolute atomic E-state index is 10.8. The molecular formula is C33H63O5P. The predicted molar refractivity (Wildman–Crippen MR) is 167 cm³/mol. The lowest BCUT2D eigenvalue weighted by molar-refractivity contribution is 0.275. The van der Waals surface area contributed by atoms with Crippen LogP contribution in [0.25, 0.3) is 0 Å². The number of benzene rings is 1. The minimum absolute atomic E-state index is 0.562. The van der Waals surface area contributed by atoms with E-state index in [1.807, 2.05) is 6.07 Å². The van der Waals surface area contributed by atoms with Crippen LogP contribution in [0.1, 0.15) is 172 Å². The van der Waals surface area contributed by atoms with E-state index in [4.69, 9.17) is 19.2 Å². The van der Waals surface area contributed by atoms with Gasteiger partial charge in [-0.1, -0.05) is 142 Å². The lowest BCUT2D eigenvalue weighted by atomic mass is 9.89. The van der Waals surface area contributed by atoms with Crippen LogP contribution in [0.4, 0.5) is 0 Å². The molecule has 0 atom stereocenters. The first-order chi connectivity index (χ1) is 18.7. The van der Waals surface area contributed by atoms with Crippen molar-refractivity contribution in [1.82, 2.24) is 0 Å². The van der Waals surface area contributed by atoms with Crippen molar-refractivity contribution in [2.75, 3.05) is 0 Å². The Morgan fingerprint density at radius 3 is 1.18 bits per heavy atom. The summed E-state index contributed by atoms with van der Waals surface area (Å²) in [5.41, 5.74) is 4.35. The Kier molecular flexibility index (Phi) is 25.5. The van der Waals surface area contributed by atoms with Crippen LogP contribution in [0.3, 0.4) is 0 Å². The Morgan fingerprint density at radius 1 is 0.487 bits per heavy atom. The third-order valence-electron chi connectivity index (χ3n) is 7.61. The van der Waals surface area contributed by atoms with Crippen molar-refractivity contribution in [3.8, 4) is 5.75 Å². The summed E-state index contributed by atoms with van der Waals surface area (Å²) in [5.74, 6) is 0.562. The first kappa shape index (κ1) is 38.1. The first-order valence-electron chi connectivity index (χ1n) is 16.3. The third kappa shape index (κ3) is 24.6. The summed E-state index contributed by atoms with van der Waals surface area (Å²) in [7, 11) is -4.64. The Morgan fingerprint density at radius 2 is 0.795 bits per heavy atom. The molecule has 0 saturated heterocycles. The zero-order valence-electron chi connectivity index (χ0n) is 25.8. The van der Waals surface area contributed by atoms with Crippen LogP contribution in [-0.4, -0.2) is 19.8 Å². The fourth-order valence-electron chi connectivity index (χ4n) is 5.34. The molecule has 6 heteroatoms. The molecule has 39 heavy (non-hydrogen) atoms. The van der Waals surface area contributed by atoms with Crippen molar-refractivity contribution in [3.05, 3.63) is 28.8 Å². The molecular weight excluding hydrogens is 507 g/mol. The second-order valence-corrected chi connectivity index (χ2v) is 12.4. The molecule has 0 aliphatic heterocycles. The first-order valence-corrected chi connectivity index (χ1v) is 17.9. The molecule has 0 radical (unpaired) electrons. The van der Waals surface area contributed by atoms with Crippen molar-refractivity contribution in [3.63, 3.8) is 0 Å². The monoisotopic (exact) mass is 570 g/mol. The summed E-state index contributed by atoms with van der Waals surface area (Å²) in [4.78, 5) is 21.6. The maximum atomic E-state index is 10.8. The Hall–Kier alpha value is -0.870. The summed E-state index contributed by atoms with van der Waals surface area (Å²) in [6, 6.07) is 4.25. The van der Waals surface area contributed by atoms with Crippen LogP contribution in [0.2, 0.25) is 0 Å². The smallest absolute Gasteiger partial charge is 0.466 e. The minimum atomic E-state index is -4.64. The van der Waals surface area contributed by atoms with Crippen molar-refractivity contribution >= 4 is 7.82 Å². The average molecular weight is 571 g/mol. The van der Waals surface area contributed by atoms with Gasteiger partial charge in [-0.25, -0.2) is 4.57 Å². The van der Waals surface area contributed by atoms with E-state index in [9.17, 15) is 5.11 Å². The van der Waals surface area contributed by atoms with Gasteiger partial charge in [0, 0.05) is 0 Å². The summed E-state index contributed by atoms with van der Waals surface area (Å²) in [6.07, 6.45) is 31.9. The second-order valence-electron chi connectivity index (χ2n) is 11.3. The van der Waals surface area contributed by atoms with E-state index in [-0.39, 0.29) is 0 Å². The second kappa shape index (κ2) is 26.1. The molecule has 0 saturated carbocycles. The van der Waals surface area contributed by atoms with E-state index in [0.717, 1.165) is 6.42 Å². The van der Waals surface area contributed by atoms with Gasteiger partial charge in [-0.15, -0.1) is 0 Å². The number of hydrogen-bond donors (Lipinski definition) is 4. The van der Waals surface area contributed by atoms with Crippen LogP contribution >= 0.6 is 7.82 Å². The number of unbranched alkanes of at least 4 members (excludes halogenated alkanes) is 18. The van der Waals surface area contributed by atoms with Gasteiger partial charge in [-0.2, -0.15) is 0 Å². The van der Waals surface area contributed by atoms with Crippen molar-refractivity contribution in [1.29, 1.82) is 0 Å². The normalized spacial score (nSPS) is 11.4. The van der Waals surface area contributed by atoms with Gasteiger partial charge in [0.2, 0.25) is 0 Å². The molecule has 5 nitrogen and oxygen atoms in total. The number of aryl methyl sites for hydroxylation is 1. The third-order valence-corrected chi connectivity index (χ3v) is 7.61. The van der Waals surface area contributed by atoms with Gasteiger partial charge in [0.15, 0.2) is 0 Å². The SMILES string of the molecule is CCCCCCCCCc1ccc(O)c(CCCCCCCCC)c1CCCCCCCCC.O=P(O)(O)O. The summed E-state index contributed by atoms with van der Waals surface area (Å²) in [6.45, 7) is 6.87. The van der Waals surface area contributed by atoms with E-state index in [0.29, 0.717) is 5.75 Å². The molecule has 0 aliphatic rings. The molecule has 1 aromatic rings. The molecule has 230 valence electrons. The van der Waals surface area contributed by atoms with E-state index in [2.05, 4.69) is 26.8 Å². The number of phenols is 1. The lowest BCUT2D eigenvalue weighted by Gasteiger charge is -2.17. The molecule has 0 bridgehead atoms. The molecule has 1 aromatic carbocycles. The minimum Gasteiger partial charge on any atom is -0.508 e. The molecule has 0 spiro atoms. The summed E-state index contributed by atoms with van der Waals surface area (Å²) in [5, 5.41) is 10.8. The van der Waals surface area contributed by atoms with Gasteiger partial charge in [0.1, 0.15) is 5.75 Å². The highest BCUT2D eigenvalue weighted by atomic mass is 31.2. The highest BCUT2D eigenvalue weighted by molar-refractivity contribution is 7.45. The molecule has 0 amide bonds. The topological polar surface area (TPSA) is 98.0 Å². The standard InChI is InChI=1S/C33H60O.H3O4P/c1-4-7-10-13-16-19-22-25-30-28-29-33(34)32(27-24-21-18-15-12-9-6-3)31(30)26-23-20-17-14-11-8-5-2;1-5(2,3)4/h28-29,34H,4-27H2,1-3H3;(H3,1,2,3,4). The van der Waals surface area contributed by atoms with Crippen LogP contribution in [-0.2, 0) is 23.8 Å². The number of phenolic OH excluding ortho intramolecular Hbond substituents is 1. The molecule has 0 aromatic heterocycles. The van der Waals surface area contributed by atoms with Crippen molar-refractivity contribution in [2.45, 2.75) is 175 Å². The van der Waals surface area contributed by atoms with E-state index in [1.54, 1.807) is 0 Å². The van der Waals surface area contributed by atoms with Gasteiger partial charge in [0.25, 0.3) is 0 Å². The highest BCUT2D eigenvalue weighted by Crippen LogP contribution is 2.30. The summed E-state index contributed by atoms with van der Waals surface area (Å²) < 4.78 is 8.88. The zero-order valence-corrected chi connectivity index (χ0v) is 26.7. The van der Waals surface area contributed by atoms with Crippen molar-refractivity contribution in [2.24, 2.45) is 0 Å². The Labute approximate surface area is 241 Å². The predicted octanol–water partition coefficient (Wildman–Crippen LogP) is 10.3.